The largest absolute Gasteiger partial charge is 0.295 e. The predicted molar refractivity (Wildman–Crippen MR) is 92.4 cm³/mol. The van der Waals surface area contributed by atoms with E-state index in [1.807, 2.05) is 0 Å². The molecule has 0 radical (unpaired) electrons. The minimum atomic E-state index is -4.49. The molecule has 1 aliphatic carbocycles. The molecule has 0 spiro atoms. The maximum absolute atomic E-state index is 12.8. The highest BCUT2D eigenvalue weighted by Gasteiger charge is 2.29. The Morgan fingerprint density at radius 1 is 0.692 bits per heavy atom. The van der Waals surface area contributed by atoms with E-state index < -0.39 is 30.9 Å². The van der Waals surface area contributed by atoms with Crippen molar-refractivity contribution in [1.82, 2.24) is 0 Å². The fourth-order valence-electron chi connectivity index (χ4n) is 3.27. The molecule has 0 saturated carbocycles. The number of hydrogen-bond acceptors (Lipinski definition) is 5. The van der Waals surface area contributed by atoms with Gasteiger partial charge in [-0.1, -0.05) is 30.3 Å². The molecule has 3 aromatic carbocycles. The first-order chi connectivity index (χ1) is 12.1. The number of fused-ring (bicyclic) bond motifs is 2. The predicted octanol–water partition coefficient (Wildman–Crippen LogP) is 2.54. The van der Waals surface area contributed by atoms with Crippen LogP contribution in [0.25, 0.3) is 21.9 Å². The van der Waals surface area contributed by atoms with Gasteiger partial charge in [-0.05, 0) is 29.3 Å². The average molecular weight is 390 g/mol. The number of hydrogen-bond donors (Lipinski definition) is 2. The topological polar surface area (TPSA) is 126 Å². The van der Waals surface area contributed by atoms with Gasteiger partial charge in [0.05, 0.1) is 4.90 Å². The van der Waals surface area contributed by atoms with Crippen LogP contribution in [0.4, 0.5) is 0 Å². The van der Waals surface area contributed by atoms with Crippen LogP contribution in [0.1, 0.15) is 15.9 Å². The highest BCUT2D eigenvalue weighted by Crippen LogP contribution is 2.41. The van der Waals surface area contributed by atoms with Crippen LogP contribution < -0.4 is 0 Å². The summed E-state index contributed by atoms with van der Waals surface area (Å²) >= 11 is 0. The van der Waals surface area contributed by atoms with Crippen LogP contribution in [0, 0.1) is 0 Å². The van der Waals surface area contributed by atoms with E-state index in [0.717, 1.165) is 12.1 Å². The summed E-state index contributed by atoms with van der Waals surface area (Å²) in [6.07, 6.45) is 0. The van der Waals surface area contributed by atoms with Crippen LogP contribution in [0.15, 0.2) is 58.3 Å². The average Bonchev–Trinajstić information content (AvgIpc) is 2.57. The zero-order valence-corrected chi connectivity index (χ0v) is 14.5. The first kappa shape index (κ1) is 16.9. The maximum Gasteiger partial charge on any atom is 0.295 e. The van der Waals surface area contributed by atoms with Crippen molar-refractivity contribution >= 4 is 36.8 Å². The summed E-state index contributed by atoms with van der Waals surface area (Å²) in [5.41, 5.74) is 1.20. The number of benzene rings is 3. The third-order valence-electron chi connectivity index (χ3n) is 4.35. The number of ketones is 1. The van der Waals surface area contributed by atoms with Crippen LogP contribution in [0.5, 0.6) is 0 Å². The Morgan fingerprint density at radius 3 is 2.04 bits per heavy atom. The summed E-state index contributed by atoms with van der Waals surface area (Å²) in [4.78, 5) is 12.1. The van der Waals surface area contributed by atoms with E-state index in [-0.39, 0.29) is 21.4 Å². The second-order valence-corrected chi connectivity index (χ2v) is 8.64. The Morgan fingerprint density at radius 2 is 1.38 bits per heavy atom. The molecular weight excluding hydrogens is 380 g/mol. The summed E-state index contributed by atoms with van der Waals surface area (Å²) in [6, 6.07) is 10.8. The van der Waals surface area contributed by atoms with Gasteiger partial charge in [0.15, 0.2) is 5.78 Å². The molecule has 9 heteroatoms. The van der Waals surface area contributed by atoms with Gasteiger partial charge >= 0.3 is 0 Å². The van der Waals surface area contributed by atoms with E-state index in [4.69, 9.17) is 0 Å². The minimum Gasteiger partial charge on any atom is -0.289 e. The molecule has 7 nitrogen and oxygen atoms in total. The van der Waals surface area contributed by atoms with Crippen molar-refractivity contribution in [2.75, 3.05) is 0 Å². The van der Waals surface area contributed by atoms with Crippen molar-refractivity contribution in [3.8, 4) is 11.1 Å². The fourth-order valence-corrected chi connectivity index (χ4v) is 4.46. The lowest BCUT2D eigenvalue weighted by Gasteiger charge is -2.21. The molecule has 0 bridgehead atoms. The first-order valence-corrected chi connectivity index (χ1v) is 10.2. The zero-order valence-electron chi connectivity index (χ0n) is 12.9. The first-order valence-electron chi connectivity index (χ1n) is 7.29. The van der Waals surface area contributed by atoms with Gasteiger partial charge in [-0.2, -0.15) is 16.8 Å². The van der Waals surface area contributed by atoms with Gasteiger partial charge in [-0.3, -0.25) is 13.9 Å². The van der Waals surface area contributed by atoms with Crippen LogP contribution in [0.3, 0.4) is 0 Å². The van der Waals surface area contributed by atoms with Crippen molar-refractivity contribution in [2.24, 2.45) is 0 Å². The smallest absolute Gasteiger partial charge is 0.289 e. The lowest BCUT2D eigenvalue weighted by atomic mass is 9.83. The van der Waals surface area contributed by atoms with E-state index in [1.54, 1.807) is 0 Å². The molecule has 0 aliphatic heterocycles. The van der Waals surface area contributed by atoms with Crippen LogP contribution in [-0.2, 0) is 20.2 Å². The zero-order chi connectivity index (χ0) is 18.9. The molecular formula is C17H10O7S2. The van der Waals surface area contributed by atoms with E-state index in [0.29, 0.717) is 16.5 Å². The molecule has 2 N–H and O–H groups in total. The van der Waals surface area contributed by atoms with Gasteiger partial charge in [0.2, 0.25) is 0 Å². The summed E-state index contributed by atoms with van der Waals surface area (Å²) < 4.78 is 64.7. The highest BCUT2D eigenvalue weighted by atomic mass is 32.2. The second-order valence-electron chi connectivity index (χ2n) is 5.83. The van der Waals surface area contributed by atoms with Gasteiger partial charge in [0.1, 0.15) is 4.90 Å². The van der Waals surface area contributed by atoms with Crippen molar-refractivity contribution in [1.29, 1.82) is 0 Å². The number of carbonyl (C=O) groups is 1. The number of rotatable bonds is 2. The maximum atomic E-state index is 12.8. The quantitative estimate of drug-likeness (QED) is 0.504. The highest BCUT2D eigenvalue weighted by molar-refractivity contribution is 7.86. The molecule has 0 saturated heterocycles. The van der Waals surface area contributed by atoms with E-state index in [2.05, 4.69) is 0 Å². The van der Waals surface area contributed by atoms with Gasteiger partial charge in [-0.15, -0.1) is 0 Å². The molecule has 0 amide bonds. The van der Waals surface area contributed by atoms with Gasteiger partial charge in [0, 0.05) is 21.9 Å². The molecule has 1 aliphatic rings. The Kier molecular flexibility index (Phi) is 3.38. The Bertz CT molecular complexity index is 1340. The molecule has 132 valence electrons. The normalized spacial score (nSPS) is 13.7. The van der Waals surface area contributed by atoms with Crippen molar-refractivity contribution in [3.63, 3.8) is 0 Å². The van der Waals surface area contributed by atoms with Gasteiger partial charge in [0.25, 0.3) is 20.2 Å². The van der Waals surface area contributed by atoms with Crippen LogP contribution in [-0.4, -0.2) is 31.7 Å². The molecule has 0 unspecified atom stereocenters. The van der Waals surface area contributed by atoms with Crippen molar-refractivity contribution < 1.29 is 30.7 Å². The van der Waals surface area contributed by atoms with Crippen molar-refractivity contribution in [3.05, 3.63) is 59.7 Å². The Hall–Kier alpha value is -2.59. The Labute approximate surface area is 148 Å². The monoisotopic (exact) mass is 390 g/mol. The molecule has 3 aromatic rings. The van der Waals surface area contributed by atoms with Gasteiger partial charge in [-0.25, -0.2) is 0 Å². The lowest BCUT2D eigenvalue weighted by molar-refractivity contribution is 0.104. The summed E-state index contributed by atoms with van der Waals surface area (Å²) in [5.74, 6) is -0.504. The molecule has 0 heterocycles. The van der Waals surface area contributed by atoms with E-state index >= 15 is 0 Å². The van der Waals surface area contributed by atoms with Crippen LogP contribution >= 0.6 is 0 Å². The standard InChI is InChI=1S/C17H10O7S2/c18-17-13-3-1-2-12-15(26(22,23)24)7-6-11(16(12)13)10-5-4-9(8-14(10)17)25(19,20)21/h1-8H,(H,19,20,21)(H,22,23,24). The third kappa shape index (κ3) is 2.36. The molecule has 0 fully saturated rings. The van der Waals surface area contributed by atoms with E-state index in [9.17, 15) is 30.7 Å². The molecule has 26 heavy (non-hydrogen) atoms. The lowest BCUT2D eigenvalue weighted by Crippen LogP contribution is -2.12. The van der Waals surface area contributed by atoms with Crippen LogP contribution in [0.2, 0.25) is 0 Å². The van der Waals surface area contributed by atoms with E-state index in [1.165, 1.54) is 36.4 Å². The minimum absolute atomic E-state index is 0.0831. The second kappa shape index (κ2) is 5.21. The SMILES string of the molecule is O=C1c2cc(S(=O)(=O)O)ccc2-c2ccc(S(=O)(=O)O)c3cccc1c23. The fraction of sp³-hybridized carbons (Fsp3) is 0. The summed E-state index contributed by atoms with van der Waals surface area (Å²) in [6.45, 7) is 0. The van der Waals surface area contributed by atoms with Gasteiger partial charge < -0.3 is 0 Å². The molecule has 4 rings (SSSR count). The third-order valence-corrected chi connectivity index (χ3v) is 6.11. The molecule has 0 aromatic heterocycles. The number of carbonyl (C=O) groups excluding carboxylic acids is 1. The summed E-state index contributed by atoms with van der Waals surface area (Å²) in [5, 5.41) is 0.556. The summed E-state index contributed by atoms with van der Waals surface area (Å²) in [7, 11) is -8.97. The Balaban J connectivity index is 2.15. The molecule has 0 atom stereocenters. The van der Waals surface area contributed by atoms with Crippen molar-refractivity contribution in [2.45, 2.75) is 9.79 Å².